The van der Waals surface area contributed by atoms with Gasteiger partial charge in [-0.3, -0.25) is 4.79 Å². The van der Waals surface area contributed by atoms with Crippen LogP contribution in [0.4, 0.5) is 0 Å². The summed E-state index contributed by atoms with van der Waals surface area (Å²) >= 11 is 0. The summed E-state index contributed by atoms with van der Waals surface area (Å²) in [7, 11) is 0. The molecule has 0 bridgehead atoms. The molecule has 0 aliphatic heterocycles. The van der Waals surface area contributed by atoms with Gasteiger partial charge in [-0.05, 0) is 49.8 Å². The molecule has 0 saturated carbocycles. The van der Waals surface area contributed by atoms with Crippen molar-refractivity contribution in [2.75, 3.05) is 6.54 Å². The maximum Gasteiger partial charge on any atom is 0.240 e. The van der Waals surface area contributed by atoms with Gasteiger partial charge in [0.15, 0.2) is 0 Å². The fourth-order valence-corrected chi connectivity index (χ4v) is 2.93. The van der Waals surface area contributed by atoms with E-state index in [-0.39, 0.29) is 11.9 Å². The molecule has 1 aliphatic carbocycles. The van der Waals surface area contributed by atoms with Crippen molar-refractivity contribution in [2.45, 2.75) is 65.6 Å². The second-order valence-electron chi connectivity index (χ2n) is 6.51. The third-order valence-electron chi connectivity index (χ3n) is 4.48. The van der Waals surface area contributed by atoms with E-state index in [4.69, 9.17) is 0 Å². The molecule has 0 radical (unpaired) electrons. The molecule has 0 spiro atoms. The van der Waals surface area contributed by atoms with E-state index in [1.54, 1.807) is 0 Å². The van der Waals surface area contributed by atoms with Gasteiger partial charge in [-0.25, -0.2) is 0 Å². The van der Waals surface area contributed by atoms with E-state index in [2.05, 4.69) is 50.7 Å². The minimum Gasteiger partial charge on any atom is -0.352 e. The second kappa shape index (κ2) is 7.12. The number of hydrogen-bond donors (Lipinski definition) is 2. The van der Waals surface area contributed by atoms with Gasteiger partial charge in [-0.1, -0.05) is 20.8 Å². The van der Waals surface area contributed by atoms with Crippen molar-refractivity contribution < 1.29 is 4.79 Å². The highest BCUT2D eigenvalue weighted by molar-refractivity contribution is 5.76. The van der Waals surface area contributed by atoms with Crippen LogP contribution in [0, 0.1) is 5.92 Å². The highest BCUT2D eigenvalue weighted by Crippen LogP contribution is 2.30. The Balaban J connectivity index is 2.00. The fourth-order valence-electron chi connectivity index (χ4n) is 2.93. The molecule has 1 aromatic heterocycles. The standard InChI is InChI=1S/C17H29N3O/c1-5-18-16-8-6-7-14-9-20(10-15(14)16)11-17(21)19-13(4)12(2)3/h9-10,12-13,16,18H,5-8,11H2,1-4H3,(H,19,21). The molecule has 4 heteroatoms. The van der Waals surface area contributed by atoms with Crippen LogP contribution in [0.2, 0.25) is 0 Å². The summed E-state index contributed by atoms with van der Waals surface area (Å²) in [5.74, 6) is 0.563. The van der Waals surface area contributed by atoms with Crippen LogP contribution in [-0.4, -0.2) is 23.1 Å². The molecule has 0 aromatic carbocycles. The van der Waals surface area contributed by atoms with Gasteiger partial charge >= 0.3 is 0 Å². The smallest absolute Gasteiger partial charge is 0.240 e. The Kier molecular flexibility index (Phi) is 5.45. The quantitative estimate of drug-likeness (QED) is 0.846. The summed E-state index contributed by atoms with van der Waals surface area (Å²) in [5.41, 5.74) is 2.78. The minimum absolute atomic E-state index is 0.101. The molecule has 1 heterocycles. The molecule has 2 unspecified atom stereocenters. The van der Waals surface area contributed by atoms with Gasteiger partial charge in [0.2, 0.25) is 5.91 Å². The lowest BCUT2D eigenvalue weighted by Gasteiger charge is -2.22. The monoisotopic (exact) mass is 291 g/mol. The lowest BCUT2D eigenvalue weighted by atomic mass is 9.91. The Morgan fingerprint density at radius 2 is 2.14 bits per heavy atom. The highest BCUT2D eigenvalue weighted by Gasteiger charge is 2.21. The van der Waals surface area contributed by atoms with Crippen molar-refractivity contribution in [2.24, 2.45) is 5.92 Å². The van der Waals surface area contributed by atoms with Crippen LogP contribution < -0.4 is 10.6 Å². The zero-order chi connectivity index (χ0) is 15.4. The van der Waals surface area contributed by atoms with E-state index in [1.165, 1.54) is 24.0 Å². The van der Waals surface area contributed by atoms with Gasteiger partial charge in [-0.2, -0.15) is 0 Å². The van der Waals surface area contributed by atoms with Crippen LogP contribution in [0.25, 0.3) is 0 Å². The zero-order valence-corrected chi connectivity index (χ0v) is 13.8. The number of nitrogens with one attached hydrogen (secondary N) is 2. The van der Waals surface area contributed by atoms with Crippen molar-refractivity contribution in [3.8, 4) is 0 Å². The minimum atomic E-state index is 0.101. The average Bonchev–Trinajstić information content (AvgIpc) is 2.82. The number of aromatic nitrogens is 1. The Hall–Kier alpha value is -1.29. The molecule has 21 heavy (non-hydrogen) atoms. The summed E-state index contributed by atoms with van der Waals surface area (Å²) in [6.45, 7) is 9.86. The van der Waals surface area contributed by atoms with E-state index >= 15 is 0 Å². The number of fused-ring (bicyclic) bond motifs is 1. The van der Waals surface area contributed by atoms with Gasteiger partial charge in [0, 0.05) is 24.5 Å². The molecule has 2 atom stereocenters. The van der Waals surface area contributed by atoms with Gasteiger partial charge in [0.1, 0.15) is 6.54 Å². The van der Waals surface area contributed by atoms with Crippen LogP contribution in [0.15, 0.2) is 12.4 Å². The first-order valence-electron chi connectivity index (χ1n) is 8.22. The molecule has 1 amide bonds. The van der Waals surface area contributed by atoms with E-state index < -0.39 is 0 Å². The number of amides is 1. The maximum atomic E-state index is 12.1. The SMILES string of the molecule is CCNC1CCCc2cn(CC(=O)NC(C)C(C)C)cc21. The van der Waals surface area contributed by atoms with Crippen LogP contribution in [-0.2, 0) is 17.8 Å². The fraction of sp³-hybridized carbons (Fsp3) is 0.706. The van der Waals surface area contributed by atoms with Crippen LogP contribution in [0.1, 0.15) is 57.7 Å². The number of carbonyl (C=O) groups is 1. The first-order valence-corrected chi connectivity index (χ1v) is 8.22. The van der Waals surface area contributed by atoms with Crippen LogP contribution in [0.3, 0.4) is 0 Å². The van der Waals surface area contributed by atoms with Crippen LogP contribution >= 0.6 is 0 Å². The largest absolute Gasteiger partial charge is 0.352 e. The lowest BCUT2D eigenvalue weighted by molar-refractivity contribution is -0.122. The van der Waals surface area contributed by atoms with Crippen molar-refractivity contribution in [3.05, 3.63) is 23.5 Å². The number of nitrogens with zero attached hydrogens (tertiary/aromatic N) is 1. The Labute approximate surface area is 128 Å². The number of hydrogen-bond acceptors (Lipinski definition) is 2. The molecule has 0 saturated heterocycles. The first-order chi connectivity index (χ1) is 10.0. The summed E-state index contributed by atoms with van der Waals surface area (Å²) < 4.78 is 2.04. The highest BCUT2D eigenvalue weighted by atomic mass is 16.2. The third kappa shape index (κ3) is 4.10. The topological polar surface area (TPSA) is 46.1 Å². The molecule has 0 fully saturated rings. The van der Waals surface area contributed by atoms with Crippen molar-refractivity contribution >= 4 is 5.91 Å². The molecule has 1 aliphatic rings. The predicted octanol–water partition coefficient (Wildman–Crippen LogP) is 2.64. The summed E-state index contributed by atoms with van der Waals surface area (Å²) in [5, 5.41) is 6.61. The summed E-state index contributed by atoms with van der Waals surface area (Å²) in [6.07, 6.45) is 7.86. The summed E-state index contributed by atoms with van der Waals surface area (Å²) in [4.78, 5) is 12.1. The molecular formula is C17H29N3O. The Morgan fingerprint density at radius 1 is 1.38 bits per heavy atom. The second-order valence-corrected chi connectivity index (χ2v) is 6.51. The molecule has 2 N–H and O–H groups in total. The van der Waals surface area contributed by atoms with Gasteiger partial charge < -0.3 is 15.2 Å². The first kappa shape index (κ1) is 16.1. The van der Waals surface area contributed by atoms with E-state index in [1.807, 2.05) is 4.57 Å². The van der Waals surface area contributed by atoms with E-state index in [9.17, 15) is 4.79 Å². The zero-order valence-electron chi connectivity index (χ0n) is 13.8. The van der Waals surface area contributed by atoms with Crippen molar-refractivity contribution in [1.29, 1.82) is 0 Å². The Bertz CT molecular complexity index is 478. The molecular weight excluding hydrogens is 262 g/mol. The molecule has 118 valence electrons. The lowest BCUT2D eigenvalue weighted by Crippen LogP contribution is -2.37. The number of rotatable bonds is 6. The van der Waals surface area contributed by atoms with Gasteiger partial charge in [-0.15, -0.1) is 0 Å². The third-order valence-corrected chi connectivity index (χ3v) is 4.48. The molecule has 4 nitrogen and oxygen atoms in total. The maximum absolute atomic E-state index is 12.1. The predicted molar refractivity (Wildman–Crippen MR) is 86.2 cm³/mol. The van der Waals surface area contributed by atoms with E-state index in [0.717, 1.165) is 13.0 Å². The van der Waals surface area contributed by atoms with Gasteiger partial charge in [0.25, 0.3) is 0 Å². The van der Waals surface area contributed by atoms with Crippen molar-refractivity contribution in [1.82, 2.24) is 15.2 Å². The van der Waals surface area contributed by atoms with E-state index in [0.29, 0.717) is 18.5 Å². The number of aryl methyl sites for hydroxylation is 1. The normalized spacial score (nSPS) is 19.4. The molecule has 1 aromatic rings. The molecule has 2 rings (SSSR count). The summed E-state index contributed by atoms with van der Waals surface area (Å²) in [6, 6.07) is 0.676. The average molecular weight is 291 g/mol. The van der Waals surface area contributed by atoms with Crippen LogP contribution in [0.5, 0.6) is 0 Å². The van der Waals surface area contributed by atoms with Crippen molar-refractivity contribution in [3.63, 3.8) is 0 Å². The number of carbonyl (C=O) groups excluding carboxylic acids is 1. The van der Waals surface area contributed by atoms with Gasteiger partial charge in [0.05, 0.1) is 0 Å². The Morgan fingerprint density at radius 3 is 2.81 bits per heavy atom.